The number of imidazole rings is 1. The van der Waals surface area contributed by atoms with Gasteiger partial charge in [-0.3, -0.25) is 4.21 Å². The summed E-state index contributed by atoms with van der Waals surface area (Å²) in [4.78, 5) is 8.61. The van der Waals surface area contributed by atoms with Crippen LogP contribution in [0.1, 0.15) is 5.56 Å². The van der Waals surface area contributed by atoms with Gasteiger partial charge in [0.25, 0.3) is 0 Å². The van der Waals surface area contributed by atoms with Crippen molar-refractivity contribution in [3.8, 4) is 0 Å². The van der Waals surface area contributed by atoms with Crippen molar-refractivity contribution in [1.82, 2.24) is 14.5 Å². The van der Waals surface area contributed by atoms with Gasteiger partial charge in [-0.2, -0.15) is 0 Å². The molecular weight excluding hydrogens is 333 g/mol. The molecule has 2 aromatic heterocycles. The van der Waals surface area contributed by atoms with E-state index in [1.165, 1.54) is 23.5 Å². The van der Waals surface area contributed by atoms with E-state index in [-0.39, 0.29) is 5.82 Å². The zero-order valence-corrected chi connectivity index (χ0v) is 13.8. The zero-order chi connectivity index (χ0) is 16.0. The molecule has 0 aliphatic carbocycles. The van der Waals surface area contributed by atoms with Crippen LogP contribution in [0.25, 0.3) is 21.3 Å². The highest BCUT2D eigenvalue weighted by atomic mass is 32.2. The number of halogens is 1. The fourth-order valence-corrected chi connectivity index (χ4v) is 4.26. The van der Waals surface area contributed by atoms with E-state index in [4.69, 9.17) is 0 Å². The predicted octanol–water partition coefficient (Wildman–Crippen LogP) is 3.57. The molecule has 0 amide bonds. The summed E-state index contributed by atoms with van der Waals surface area (Å²) in [5.41, 5.74) is 3.50. The van der Waals surface area contributed by atoms with Crippen molar-refractivity contribution < 1.29 is 8.60 Å². The van der Waals surface area contributed by atoms with Crippen molar-refractivity contribution in [3.63, 3.8) is 0 Å². The average molecular weight is 345 g/mol. The lowest BCUT2D eigenvalue weighted by Crippen LogP contribution is -1.97. The molecule has 0 bridgehead atoms. The fraction of sp³-hybridized carbons (Fsp3) is 0.125. The van der Waals surface area contributed by atoms with Crippen molar-refractivity contribution in [2.75, 3.05) is 6.26 Å². The van der Waals surface area contributed by atoms with Crippen LogP contribution < -0.4 is 0 Å². The summed E-state index contributed by atoms with van der Waals surface area (Å²) in [6.45, 7) is 0.639. The third kappa shape index (κ3) is 2.66. The third-order valence-electron chi connectivity index (χ3n) is 3.62. The van der Waals surface area contributed by atoms with Crippen LogP contribution in [0.3, 0.4) is 0 Å². The van der Waals surface area contributed by atoms with Crippen molar-refractivity contribution in [3.05, 3.63) is 54.1 Å². The van der Waals surface area contributed by atoms with Crippen LogP contribution in [-0.4, -0.2) is 25.0 Å². The molecule has 0 aliphatic rings. The largest absolute Gasteiger partial charge is 0.326 e. The van der Waals surface area contributed by atoms with Crippen molar-refractivity contribution >= 4 is 43.4 Å². The van der Waals surface area contributed by atoms with Gasteiger partial charge in [-0.25, -0.2) is 14.4 Å². The monoisotopic (exact) mass is 345 g/mol. The molecule has 116 valence electrons. The number of benzene rings is 2. The Balaban J connectivity index is 1.72. The summed E-state index contributed by atoms with van der Waals surface area (Å²) < 4.78 is 28.4. The van der Waals surface area contributed by atoms with Crippen LogP contribution in [-0.2, 0) is 17.3 Å². The highest BCUT2D eigenvalue weighted by molar-refractivity contribution is 7.86. The highest BCUT2D eigenvalue weighted by Gasteiger charge is 2.09. The van der Waals surface area contributed by atoms with Gasteiger partial charge in [0.1, 0.15) is 5.82 Å². The normalized spacial score (nSPS) is 13.0. The lowest BCUT2D eigenvalue weighted by molar-refractivity contribution is 0.629. The second-order valence-electron chi connectivity index (χ2n) is 5.24. The standard InChI is InChI=1S/C16H12FN3OS2/c1-23(21)16-19-12-4-2-10(6-15(12)22-16)8-20-9-18-13-7-11(17)3-5-14(13)20/h2-7,9H,8H2,1H3. The van der Waals surface area contributed by atoms with E-state index in [0.717, 1.165) is 21.3 Å². The Kier molecular flexibility index (Phi) is 3.46. The molecule has 0 radical (unpaired) electrons. The van der Waals surface area contributed by atoms with Crippen molar-refractivity contribution in [1.29, 1.82) is 0 Å². The van der Waals surface area contributed by atoms with Gasteiger partial charge in [-0.15, -0.1) is 11.3 Å². The Morgan fingerprint density at radius 3 is 2.91 bits per heavy atom. The SMILES string of the molecule is CS(=O)c1nc2ccc(Cn3cnc4cc(F)ccc43)cc2s1. The molecule has 0 aliphatic heterocycles. The Bertz CT molecular complexity index is 1050. The molecule has 4 rings (SSSR count). The van der Waals surface area contributed by atoms with Crippen LogP contribution in [0.5, 0.6) is 0 Å². The molecule has 2 heterocycles. The molecule has 2 aromatic carbocycles. The highest BCUT2D eigenvalue weighted by Crippen LogP contribution is 2.26. The van der Waals surface area contributed by atoms with Gasteiger partial charge < -0.3 is 4.57 Å². The van der Waals surface area contributed by atoms with Crippen molar-refractivity contribution in [2.24, 2.45) is 0 Å². The topological polar surface area (TPSA) is 47.8 Å². The number of fused-ring (bicyclic) bond motifs is 2. The summed E-state index contributed by atoms with van der Waals surface area (Å²) in [5, 5.41) is 0. The second-order valence-corrected chi connectivity index (χ2v) is 7.83. The molecule has 0 saturated carbocycles. The van der Waals surface area contributed by atoms with Gasteiger partial charge in [0.05, 0.1) is 38.4 Å². The number of hydrogen-bond donors (Lipinski definition) is 0. The van der Waals surface area contributed by atoms with Crippen LogP contribution in [0.15, 0.2) is 47.1 Å². The summed E-state index contributed by atoms with van der Waals surface area (Å²) in [6.07, 6.45) is 3.35. The minimum absolute atomic E-state index is 0.283. The number of hydrogen-bond acceptors (Lipinski definition) is 4. The van der Waals surface area contributed by atoms with E-state index in [1.54, 1.807) is 18.6 Å². The molecule has 0 fully saturated rings. The minimum Gasteiger partial charge on any atom is -0.326 e. The van der Waals surface area contributed by atoms with Gasteiger partial charge in [0, 0.05) is 18.9 Å². The van der Waals surface area contributed by atoms with Crippen LogP contribution in [0, 0.1) is 5.82 Å². The number of thiazole rings is 1. The molecule has 0 N–H and O–H groups in total. The summed E-state index contributed by atoms with van der Waals surface area (Å²) in [7, 11) is -1.06. The Morgan fingerprint density at radius 1 is 1.22 bits per heavy atom. The van der Waals surface area contributed by atoms with E-state index in [9.17, 15) is 8.60 Å². The summed E-state index contributed by atoms with van der Waals surface area (Å²) in [5.74, 6) is -0.283. The predicted molar refractivity (Wildman–Crippen MR) is 90.7 cm³/mol. The maximum absolute atomic E-state index is 13.2. The van der Waals surface area contributed by atoms with E-state index >= 15 is 0 Å². The van der Waals surface area contributed by atoms with E-state index in [1.807, 2.05) is 16.7 Å². The molecule has 7 heteroatoms. The maximum Gasteiger partial charge on any atom is 0.181 e. The van der Waals surface area contributed by atoms with Crippen LogP contribution in [0.2, 0.25) is 0 Å². The Labute approximate surface area is 138 Å². The van der Waals surface area contributed by atoms with Crippen molar-refractivity contribution in [2.45, 2.75) is 10.9 Å². The van der Waals surface area contributed by atoms with Gasteiger partial charge in [0.2, 0.25) is 0 Å². The number of rotatable bonds is 3. The first-order valence-corrected chi connectivity index (χ1v) is 9.31. The number of aromatic nitrogens is 3. The molecule has 0 spiro atoms. The molecule has 0 saturated heterocycles. The first-order valence-electron chi connectivity index (χ1n) is 6.93. The summed E-state index contributed by atoms with van der Waals surface area (Å²) in [6, 6.07) is 10.6. The molecular formula is C16H12FN3OS2. The number of nitrogens with zero attached hydrogens (tertiary/aromatic N) is 3. The van der Waals surface area contributed by atoms with E-state index in [2.05, 4.69) is 16.0 Å². The lowest BCUT2D eigenvalue weighted by atomic mass is 10.2. The molecule has 1 unspecified atom stereocenters. The van der Waals surface area contributed by atoms with Gasteiger partial charge in [-0.1, -0.05) is 6.07 Å². The Morgan fingerprint density at radius 2 is 2.09 bits per heavy atom. The molecule has 23 heavy (non-hydrogen) atoms. The first-order chi connectivity index (χ1) is 11.1. The van der Waals surface area contributed by atoms with Gasteiger partial charge >= 0.3 is 0 Å². The summed E-state index contributed by atoms with van der Waals surface area (Å²) >= 11 is 1.45. The third-order valence-corrected chi connectivity index (χ3v) is 5.97. The maximum atomic E-state index is 13.2. The smallest absolute Gasteiger partial charge is 0.181 e. The van der Waals surface area contributed by atoms with E-state index < -0.39 is 10.8 Å². The average Bonchev–Trinajstić information content (AvgIpc) is 3.11. The minimum atomic E-state index is -1.06. The Hall–Kier alpha value is -2.12. The van der Waals surface area contributed by atoms with Gasteiger partial charge in [0.15, 0.2) is 4.34 Å². The van der Waals surface area contributed by atoms with Crippen LogP contribution >= 0.6 is 11.3 Å². The molecule has 4 nitrogen and oxygen atoms in total. The molecule has 1 atom stereocenters. The second kappa shape index (κ2) is 5.50. The zero-order valence-electron chi connectivity index (χ0n) is 12.2. The first kappa shape index (κ1) is 14.5. The molecule has 4 aromatic rings. The van der Waals surface area contributed by atoms with Gasteiger partial charge in [-0.05, 0) is 29.8 Å². The van der Waals surface area contributed by atoms with Crippen LogP contribution in [0.4, 0.5) is 4.39 Å². The quantitative estimate of drug-likeness (QED) is 0.570. The fourth-order valence-electron chi connectivity index (χ4n) is 2.53. The van der Waals surface area contributed by atoms with E-state index in [0.29, 0.717) is 16.4 Å². The lowest BCUT2D eigenvalue weighted by Gasteiger charge is -2.04.